The van der Waals surface area contributed by atoms with Gasteiger partial charge in [-0.3, -0.25) is 0 Å². The predicted molar refractivity (Wildman–Crippen MR) is 216 cm³/mol. The molecule has 6 rings (SSSR count). The van der Waals surface area contributed by atoms with Crippen molar-refractivity contribution in [1.29, 1.82) is 0 Å². The number of hydrogen-bond donors (Lipinski definition) is 0. The molecule has 1 fully saturated rings. The lowest BCUT2D eigenvalue weighted by Crippen LogP contribution is -2.36. The van der Waals surface area contributed by atoms with Crippen LogP contribution < -0.4 is 4.90 Å². The first kappa shape index (κ1) is 37.1. The monoisotopic (exact) mass is 684 g/mol. The highest BCUT2D eigenvalue weighted by Crippen LogP contribution is 2.38. The number of aromatic nitrogens is 1. The fourth-order valence-electron chi connectivity index (χ4n) is 6.73. The van der Waals surface area contributed by atoms with Crippen LogP contribution in [0.1, 0.15) is 64.7 Å². The number of aryl methyl sites for hydroxylation is 1. The molecule has 1 aliphatic heterocycles. The zero-order valence-corrected chi connectivity index (χ0v) is 31.4. The number of hydrogen-bond acceptors (Lipinski definition) is 6. The average molecular weight is 685 g/mol. The van der Waals surface area contributed by atoms with E-state index in [1.165, 1.54) is 52.1 Å². The second kappa shape index (κ2) is 16.3. The number of ketones is 1. The SMILES string of the molecule is C=C(C)O/N=C(\CC(C)N(C)C(=C)C)c1ccc2c(c1)c1cc(C(=C)c3ccc(N4CCOCC4)c4ccccc34)ccc1n2CC.CC(C)=O. The number of anilines is 1. The maximum atomic E-state index is 9.44. The van der Waals surface area contributed by atoms with E-state index in [2.05, 4.69) is 133 Å². The fourth-order valence-corrected chi connectivity index (χ4v) is 6.73. The van der Waals surface area contributed by atoms with E-state index in [1.807, 2.05) is 13.8 Å². The summed E-state index contributed by atoms with van der Waals surface area (Å²) in [5, 5.41) is 9.42. The molecule has 7 heteroatoms. The van der Waals surface area contributed by atoms with Crippen LogP contribution in [-0.4, -0.2) is 60.4 Å². The summed E-state index contributed by atoms with van der Waals surface area (Å²) in [6.45, 7) is 28.1. The first-order valence-electron chi connectivity index (χ1n) is 17.8. The summed E-state index contributed by atoms with van der Waals surface area (Å²) in [5.74, 6) is 0.723. The van der Waals surface area contributed by atoms with Crippen molar-refractivity contribution in [2.75, 3.05) is 38.3 Å². The Morgan fingerprint density at radius 3 is 2.04 bits per heavy atom. The number of allylic oxidation sites excluding steroid dienone is 2. The molecule has 7 nitrogen and oxygen atoms in total. The van der Waals surface area contributed by atoms with Crippen LogP contribution in [0.4, 0.5) is 5.69 Å². The van der Waals surface area contributed by atoms with Gasteiger partial charge in [0.2, 0.25) is 0 Å². The quantitative estimate of drug-likeness (QED) is 0.0788. The molecule has 0 aliphatic carbocycles. The molecule has 51 heavy (non-hydrogen) atoms. The molecule has 0 bridgehead atoms. The van der Waals surface area contributed by atoms with Crippen LogP contribution in [0.25, 0.3) is 38.2 Å². The summed E-state index contributed by atoms with van der Waals surface area (Å²) < 4.78 is 8.01. The molecule has 0 radical (unpaired) electrons. The summed E-state index contributed by atoms with van der Waals surface area (Å²) in [5.41, 5.74) is 9.85. The van der Waals surface area contributed by atoms with E-state index in [0.29, 0.717) is 12.2 Å². The van der Waals surface area contributed by atoms with Crippen molar-refractivity contribution < 1.29 is 14.4 Å². The predicted octanol–water partition coefficient (Wildman–Crippen LogP) is 9.96. The summed E-state index contributed by atoms with van der Waals surface area (Å²) in [6, 6.07) is 26.7. The molecule has 1 unspecified atom stereocenters. The molecule has 0 spiro atoms. The second-order valence-corrected chi connectivity index (χ2v) is 13.6. The molecule has 1 aromatic heterocycles. The summed E-state index contributed by atoms with van der Waals surface area (Å²) >= 11 is 0. The zero-order valence-electron chi connectivity index (χ0n) is 31.4. The number of nitrogens with zero attached hydrogens (tertiary/aromatic N) is 4. The minimum atomic E-state index is 0.167. The van der Waals surface area contributed by atoms with Gasteiger partial charge in [0, 0.05) is 83.3 Å². The Balaban J connectivity index is 0.00000120. The van der Waals surface area contributed by atoms with Gasteiger partial charge < -0.3 is 28.7 Å². The summed E-state index contributed by atoms with van der Waals surface area (Å²) in [7, 11) is 2.07. The lowest BCUT2D eigenvalue weighted by Gasteiger charge is -2.30. The number of carbonyl (C=O) groups is 1. The first-order valence-corrected chi connectivity index (χ1v) is 17.8. The van der Waals surface area contributed by atoms with Crippen LogP contribution in [0.5, 0.6) is 0 Å². The third kappa shape index (κ3) is 8.26. The standard InChI is InChI=1S/C41H46N4O2.C3H6O/c1-9-45-40-17-14-31(30(7)33-16-19-39(44-20-22-46-23-21-44)35-13-11-10-12-34(33)35)25-36(40)37-26-32(15-18-41(37)45)38(42-47-28(4)5)24-29(6)43(8)27(2)3;1-3(2)4/h10-19,25-26,29H,2,4,7,9,20-24H2,1,3,5-6,8H3;1-2H3/b42-38+;. The molecular formula is C44H52N4O3. The third-order valence-electron chi connectivity index (χ3n) is 9.50. The number of benzene rings is 4. The van der Waals surface area contributed by atoms with E-state index in [-0.39, 0.29) is 11.8 Å². The van der Waals surface area contributed by atoms with Gasteiger partial charge in [0.15, 0.2) is 0 Å². The van der Waals surface area contributed by atoms with Crippen molar-refractivity contribution in [1.82, 2.24) is 9.47 Å². The highest BCUT2D eigenvalue weighted by atomic mass is 16.6. The Morgan fingerprint density at radius 2 is 1.45 bits per heavy atom. The lowest BCUT2D eigenvalue weighted by atomic mass is 9.92. The topological polar surface area (TPSA) is 59.3 Å². The normalized spacial score (nSPS) is 13.9. The van der Waals surface area contributed by atoms with E-state index in [9.17, 15) is 4.79 Å². The molecule has 4 aromatic carbocycles. The molecule has 0 N–H and O–H groups in total. The van der Waals surface area contributed by atoms with Gasteiger partial charge in [0.1, 0.15) is 11.5 Å². The summed E-state index contributed by atoms with van der Waals surface area (Å²) in [4.78, 5) is 19.7. The molecule has 266 valence electrons. The maximum Gasteiger partial charge on any atom is 0.126 e. The van der Waals surface area contributed by atoms with Crippen molar-refractivity contribution in [3.63, 3.8) is 0 Å². The van der Waals surface area contributed by atoms with Crippen LogP contribution in [-0.2, 0) is 20.9 Å². The molecule has 1 saturated heterocycles. The van der Waals surface area contributed by atoms with Gasteiger partial charge in [-0.2, -0.15) is 0 Å². The minimum Gasteiger partial charge on any atom is -0.378 e. The Labute approximate surface area is 303 Å². The molecule has 0 amide bonds. The van der Waals surface area contributed by atoms with Crippen molar-refractivity contribution in [3.05, 3.63) is 121 Å². The van der Waals surface area contributed by atoms with Crippen LogP contribution >= 0.6 is 0 Å². The number of morpholine rings is 1. The van der Waals surface area contributed by atoms with Gasteiger partial charge in [-0.25, -0.2) is 0 Å². The smallest absolute Gasteiger partial charge is 0.126 e. The highest BCUT2D eigenvalue weighted by molar-refractivity contribution is 6.13. The van der Waals surface area contributed by atoms with E-state index in [4.69, 9.17) is 9.57 Å². The van der Waals surface area contributed by atoms with E-state index >= 15 is 0 Å². The van der Waals surface area contributed by atoms with Gasteiger partial charge in [-0.05, 0) is 94.0 Å². The number of fused-ring (bicyclic) bond motifs is 4. The molecule has 5 aromatic rings. The number of carbonyl (C=O) groups excluding carboxylic acids is 1. The Hall–Kier alpha value is -5.14. The maximum absolute atomic E-state index is 9.44. The summed E-state index contributed by atoms with van der Waals surface area (Å²) in [6.07, 6.45) is 0.699. The number of oxime groups is 1. The molecule has 1 aliphatic rings. The number of ether oxygens (including phenoxy) is 1. The Bertz CT molecular complexity index is 2130. The number of Topliss-reactive ketones (excluding diaryl/α,β-unsaturated/α-hetero) is 1. The minimum absolute atomic E-state index is 0.167. The van der Waals surface area contributed by atoms with Gasteiger partial charge in [-0.15, -0.1) is 0 Å². The largest absolute Gasteiger partial charge is 0.378 e. The lowest BCUT2D eigenvalue weighted by molar-refractivity contribution is -0.115. The van der Waals surface area contributed by atoms with Crippen molar-refractivity contribution in [2.45, 2.75) is 60.5 Å². The van der Waals surface area contributed by atoms with Crippen LogP contribution in [0.15, 0.2) is 109 Å². The van der Waals surface area contributed by atoms with E-state index < -0.39 is 0 Å². The van der Waals surface area contributed by atoms with Crippen LogP contribution in [0.2, 0.25) is 0 Å². The Morgan fingerprint density at radius 1 is 0.863 bits per heavy atom. The van der Waals surface area contributed by atoms with Crippen LogP contribution in [0, 0.1) is 0 Å². The molecule has 1 atom stereocenters. The van der Waals surface area contributed by atoms with Gasteiger partial charge >= 0.3 is 0 Å². The molecule has 2 heterocycles. The van der Waals surface area contributed by atoms with Gasteiger partial charge in [0.05, 0.1) is 18.9 Å². The second-order valence-electron chi connectivity index (χ2n) is 13.6. The van der Waals surface area contributed by atoms with E-state index in [0.717, 1.165) is 66.5 Å². The van der Waals surface area contributed by atoms with Crippen LogP contribution in [0.3, 0.4) is 0 Å². The first-order chi connectivity index (χ1) is 24.4. The molecular weight excluding hydrogens is 633 g/mol. The average Bonchev–Trinajstić information content (AvgIpc) is 3.44. The van der Waals surface area contributed by atoms with Gasteiger partial charge in [-0.1, -0.05) is 67.4 Å². The molecule has 0 saturated carbocycles. The highest BCUT2D eigenvalue weighted by Gasteiger charge is 2.20. The fraction of sp³-hybridized carbons (Fsp3) is 0.318. The van der Waals surface area contributed by atoms with Crippen molar-refractivity contribution in [3.8, 4) is 0 Å². The van der Waals surface area contributed by atoms with Crippen molar-refractivity contribution in [2.24, 2.45) is 5.16 Å². The van der Waals surface area contributed by atoms with Gasteiger partial charge in [0.25, 0.3) is 0 Å². The Kier molecular flexibility index (Phi) is 11.8. The van der Waals surface area contributed by atoms with Crippen molar-refractivity contribution >= 4 is 55.3 Å². The zero-order chi connectivity index (χ0) is 36.8. The third-order valence-corrected chi connectivity index (χ3v) is 9.50. The van der Waals surface area contributed by atoms with E-state index in [1.54, 1.807) is 0 Å². The number of rotatable bonds is 11.